The molecule has 0 saturated carbocycles. The van der Waals surface area contributed by atoms with Gasteiger partial charge in [0.25, 0.3) is 0 Å². The largest absolute Gasteiger partial charge is 0.462 e. The van der Waals surface area contributed by atoms with Crippen molar-refractivity contribution in [3.05, 3.63) is 0 Å². The molecule has 2 nitrogen and oxygen atoms in total. The van der Waals surface area contributed by atoms with E-state index in [0.717, 1.165) is 12.8 Å². The van der Waals surface area contributed by atoms with E-state index in [4.69, 9.17) is 4.74 Å². The average Bonchev–Trinajstić information content (AvgIpc) is 2.07. The monoisotopic (exact) mass is 170 g/mol. The summed E-state index contributed by atoms with van der Waals surface area (Å²) in [5, 5.41) is 0. The van der Waals surface area contributed by atoms with Crippen molar-refractivity contribution in [3.63, 3.8) is 0 Å². The van der Waals surface area contributed by atoms with Gasteiger partial charge in [0.1, 0.15) is 6.10 Å². The van der Waals surface area contributed by atoms with Crippen LogP contribution in [0.3, 0.4) is 0 Å². The van der Waals surface area contributed by atoms with Crippen LogP contribution in [0.2, 0.25) is 0 Å². The molecule has 0 amide bonds. The number of ether oxygens (including phenoxy) is 1. The highest BCUT2D eigenvalue weighted by Gasteiger charge is 2.26. The van der Waals surface area contributed by atoms with Crippen LogP contribution in [-0.4, -0.2) is 12.1 Å². The smallest absolute Gasteiger partial charge is 0.306 e. The van der Waals surface area contributed by atoms with Gasteiger partial charge in [-0.3, -0.25) is 4.79 Å². The Morgan fingerprint density at radius 2 is 2.33 bits per heavy atom. The van der Waals surface area contributed by atoms with Crippen LogP contribution in [0.1, 0.15) is 46.0 Å². The van der Waals surface area contributed by atoms with E-state index in [9.17, 15) is 4.79 Å². The van der Waals surface area contributed by atoms with Crippen molar-refractivity contribution in [1.82, 2.24) is 0 Å². The van der Waals surface area contributed by atoms with Gasteiger partial charge >= 0.3 is 5.97 Å². The minimum Gasteiger partial charge on any atom is -0.462 e. The van der Waals surface area contributed by atoms with Crippen LogP contribution in [0.5, 0.6) is 0 Å². The van der Waals surface area contributed by atoms with Crippen LogP contribution < -0.4 is 0 Å². The molecule has 1 aliphatic rings. The summed E-state index contributed by atoms with van der Waals surface area (Å²) in [6.45, 7) is 4.34. The van der Waals surface area contributed by atoms with Gasteiger partial charge < -0.3 is 4.74 Å². The number of hydrogen-bond acceptors (Lipinski definition) is 2. The first-order valence-electron chi connectivity index (χ1n) is 4.93. The fourth-order valence-electron chi connectivity index (χ4n) is 1.62. The minimum atomic E-state index is -0.00537. The molecule has 1 saturated heterocycles. The summed E-state index contributed by atoms with van der Waals surface area (Å²) in [7, 11) is 0. The van der Waals surface area contributed by atoms with Gasteiger partial charge in [-0.15, -0.1) is 0 Å². The molecule has 1 rings (SSSR count). The molecule has 2 atom stereocenters. The van der Waals surface area contributed by atoms with E-state index < -0.39 is 0 Å². The molecule has 1 fully saturated rings. The van der Waals surface area contributed by atoms with Gasteiger partial charge in [0.2, 0.25) is 0 Å². The van der Waals surface area contributed by atoms with Crippen molar-refractivity contribution < 1.29 is 9.53 Å². The topological polar surface area (TPSA) is 26.3 Å². The molecule has 1 heterocycles. The van der Waals surface area contributed by atoms with Gasteiger partial charge in [0, 0.05) is 6.42 Å². The third-order valence-electron chi connectivity index (χ3n) is 2.56. The van der Waals surface area contributed by atoms with Gasteiger partial charge in [-0.05, 0) is 18.8 Å². The summed E-state index contributed by atoms with van der Waals surface area (Å²) >= 11 is 0. The number of carbonyl (C=O) groups is 1. The molecular weight excluding hydrogens is 152 g/mol. The first kappa shape index (κ1) is 9.56. The van der Waals surface area contributed by atoms with E-state index in [2.05, 4.69) is 13.8 Å². The highest BCUT2D eigenvalue weighted by atomic mass is 16.5. The molecular formula is C10H18O2. The van der Waals surface area contributed by atoms with Crippen molar-refractivity contribution in [2.24, 2.45) is 5.92 Å². The first-order chi connectivity index (χ1) is 5.74. The maximum absolute atomic E-state index is 11.0. The number of unbranched alkanes of at least 4 members (excludes halogenated alkanes) is 1. The Balaban J connectivity index is 2.33. The lowest BCUT2D eigenvalue weighted by molar-refractivity contribution is -0.158. The standard InChI is InChI=1S/C10H18O2/c1-3-4-5-9-8(2)6-7-10(11)12-9/h8-9H,3-7H2,1-2H3/t8-,9+/m0/s1. The Bertz CT molecular complexity index is 154. The molecule has 70 valence electrons. The van der Waals surface area contributed by atoms with Crippen LogP contribution in [0, 0.1) is 5.92 Å². The molecule has 0 N–H and O–H groups in total. The molecule has 2 heteroatoms. The predicted molar refractivity (Wildman–Crippen MR) is 47.8 cm³/mol. The van der Waals surface area contributed by atoms with Gasteiger partial charge in [0.05, 0.1) is 0 Å². The van der Waals surface area contributed by atoms with E-state index in [1.165, 1.54) is 12.8 Å². The lowest BCUT2D eigenvalue weighted by atomic mass is 9.93. The second-order valence-corrected chi connectivity index (χ2v) is 3.69. The summed E-state index contributed by atoms with van der Waals surface area (Å²) in [4.78, 5) is 11.0. The van der Waals surface area contributed by atoms with Crippen molar-refractivity contribution in [2.45, 2.75) is 52.1 Å². The van der Waals surface area contributed by atoms with Crippen LogP contribution in [0.15, 0.2) is 0 Å². The summed E-state index contributed by atoms with van der Waals surface area (Å²) in [6, 6.07) is 0. The highest BCUT2D eigenvalue weighted by molar-refractivity contribution is 5.70. The second-order valence-electron chi connectivity index (χ2n) is 3.69. The summed E-state index contributed by atoms with van der Waals surface area (Å²) in [6.07, 6.45) is 5.22. The van der Waals surface area contributed by atoms with Crippen molar-refractivity contribution >= 4 is 5.97 Å². The number of esters is 1. The molecule has 0 spiro atoms. The zero-order valence-electron chi connectivity index (χ0n) is 8.01. The van der Waals surface area contributed by atoms with E-state index in [1.54, 1.807) is 0 Å². The summed E-state index contributed by atoms with van der Waals surface area (Å²) < 4.78 is 5.26. The molecule has 0 aromatic carbocycles. The minimum absolute atomic E-state index is 0.00537. The van der Waals surface area contributed by atoms with Crippen LogP contribution in [0.4, 0.5) is 0 Å². The molecule has 12 heavy (non-hydrogen) atoms. The van der Waals surface area contributed by atoms with Gasteiger partial charge in [0.15, 0.2) is 0 Å². The number of cyclic esters (lactones) is 1. The molecule has 0 unspecified atom stereocenters. The molecule has 0 bridgehead atoms. The summed E-state index contributed by atoms with van der Waals surface area (Å²) in [5.74, 6) is 0.559. The van der Waals surface area contributed by atoms with E-state index in [1.807, 2.05) is 0 Å². The average molecular weight is 170 g/mol. The maximum Gasteiger partial charge on any atom is 0.306 e. The third-order valence-corrected chi connectivity index (χ3v) is 2.56. The molecule has 0 radical (unpaired) electrons. The van der Waals surface area contributed by atoms with Crippen molar-refractivity contribution in [2.75, 3.05) is 0 Å². The second kappa shape index (κ2) is 4.48. The Kier molecular flexibility index (Phi) is 3.57. The SMILES string of the molecule is CCCC[C@H]1OC(=O)CC[C@@H]1C. The lowest BCUT2D eigenvalue weighted by Crippen LogP contribution is -2.30. The predicted octanol–water partition coefficient (Wildman–Crippen LogP) is 2.52. The maximum atomic E-state index is 11.0. The molecule has 1 aliphatic heterocycles. The highest BCUT2D eigenvalue weighted by Crippen LogP contribution is 2.24. The van der Waals surface area contributed by atoms with E-state index in [-0.39, 0.29) is 12.1 Å². The Hall–Kier alpha value is -0.530. The molecule has 0 aromatic rings. The number of carbonyl (C=O) groups excluding carboxylic acids is 1. The number of rotatable bonds is 3. The van der Waals surface area contributed by atoms with E-state index >= 15 is 0 Å². The van der Waals surface area contributed by atoms with Crippen LogP contribution in [0.25, 0.3) is 0 Å². The Morgan fingerprint density at radius 1 is 1.58 bits per heavy atom. The van der Waals surface area contributed by atoms with Crippen LogP contribution >= 0.6 is 0 Å². The van der Waals surface area contributed by atoms with Crippen molar-refractivity contribution in [3.8, 4) is 0 Å². The first-order valence-corrected chi connectivity index (χ1v) is 4.93. The quantitative estimate of drug-likeness (QED) is 0.608. The van der Waals surface area contributed by atoms with Crippen molar-refractivity contribution in [1.29, 1.82) is 0 Å². The zero-order valence-corrected chi connectivity index (χ0v) is 8.01. The Labute approximate surface area is 74.3 Å². The van der Waals surface area contributed by atoms with Gasteiger partial charge in [-0.25, -0.2) is 0 Å². The normalized spacial score (nSPS) is 30.0. The fourth-order valence-corrected chi connectivity index (χ4v) is 1.62. The number of hydrogen-bond donors (Lipinski definition) is 0. The molecule has 0 aromatic heterocycles. The fraction of sp³-hybridized carbons (Fsp3) is 0.900. The van der Waals surface area contributed by atoms with Gasteiger partial charge in [-0.1, -0.05) is 26.7 Å². The molecule has 0 aliphatic carbocycles. The van der Waals surface area contributed by atoms with Crippen LogP contribution in [-0.2, 0) is 9.53 Å². The zero-order chi connectivity index (χ0) is 8.97. The Morgan fingerprint density at radius 3 is 3.00 bits per heavy atom. The van der Waals surface area contributed by atoms with E-state index in [0.29, 0.717) is 12.3 Å². The van der Waals surface area contributed by atoms with Gasteiger partial charge in [-0.2, -0.15) is 0 Å². The summed E-state index contributed by atoms with van der Waals surface area (Å²) in [5.41, 5.74) is 0. The lowest BCUT2D eigenvalue weighted by Gasteiger charge is -2.28. The third kappa shape index (κ3) is 2.50.